The fraction of sp³-hybridized carbons (Fsp3) is 0.455. The molecule has 1 saturated carbocycles. The van der Waals surface area contributed by atoms with Gasteiger partial charge in [0.05, 0.1) is 1.37 Å². The number of hydrogen-bond donors (Lipinski definition) is 0. The van der Waals surface area contributed by atoms with Gasteiger partial charge in [0.25, 0.3) is 0 Å². The Bertz CT molecular complexity index is 261. The van der Waals surface area contributed by atoms with Crippen molar-refractivity contribution in [2.45, 2.75) is 31.6 Å². The summed E-state index contributed by atoms with van der Waals surface area (Å²) in [6, 6.07) is 8.72. The summed E-state index contributed by atoms with van der Waals surface area (Å²) < 4.78 is 7.74. The van der Waals surface area contributed by atoms with Gasteiger partial charge in [0.15, 0.2) is 0 Å². The Hall–Kier alpha value is -0.780. The van der Waals surface area contributed by atoms with Crippen molar-refractivity contribution < 1.29 is 1.37 Å². The van der Waals surface area contributed by atoms with Crippen LogP contribution in [0.25, 0.3) is 0 Å². The molecule has 0 saturated heterocycles. The molecule has 1 fully saturated rings. The van der Waals surface area contributed by atoms with Crippen molar-refractivity contribution >= 4 is 0 Å². The van der Waals surface area contributed by atoms with E-state index in [0.717, 1.165) is 6.04 Å². The molecular weight excluding hydrogens is 132 g/mol. The Kier molecular flexibility index (Phi) is 1.63. The second-order valence-electron chi connectivity index (χ2n) is 3.30. The minimum Gasteiger partial charge on any atom is -0.0622 e. The summed E-state index contributed by atoms with van der Waals surface area (Å²) >= 11 is 0. The maximum Gasteiger partial charge on any atom is 0.0626 e. The van der Waals surface area contributed by atoms with Crippen LogP contribution in [0.5, 0.6) is 0 Å². The van der Waals surface area contributed by atoms with Gasteiger partial charge in [0.1, 0.15) is 0 Å². The molecule has 1 aliphatic carbocycles. The number of rotatable bonds is 1. The lowest BCUT2D eigenvalue weighted by Gasteiger charge is -2.07. The van der Waals surface area contributed by atoms with Gasteiger partial charge < -0.3 is 0 Å². The normalized spacial score (nSPS) is 20.2. The standard InChI is InChI=1S/C11H14/c1-2-6-10(7-3-1)11-8-4-5-9-11/h1-3,6-7,11H,4-5,8-9H2/i6T. The minimum absolute atomic E-state index is 0.679. The Morgan fingerprint density at radius 1 is 1.18 bits per heavy atom. The lowest BCUT2D eigenvalue weighted by atomic mass is 9.98. The van der Waals surface area contributed by atoms with Gasteiger partial charge in [-0.05, 0) is 24.3 Å². The van der Waals surface area contributed by atoms with E-state index in [4.69, 9.17) is 1.37 Å². The highest BCUT2D eigenvalue weighted by Crippen LogP contribution is 2.33. The minimum atomic E-state index is 0.679. The second-order valence-corrected chi connectivity index (χ2v) is 3.30. The Labute approximate surface area is 69.7 Å². The summed E-state index contributed by atoms with van der Waals surface area (Å²) in [5.74, 6) is 0.679. The molecule has 0 heterocycles. The first-order chi connectivity index (χ1) is 5.88. The summed E-state index contributed by atoms with van der Waals surface area (Å²) in [6.45, 7) is 0. The van der Waals surface area contributed by atoms with E-state index in [-0.39, 0.29) is 0 Å². The van der Waals surface area contributed by atoms with Crippen LogP contribution in [0.2, 0.25) is 0 Å². The van der Waals surface area contributed by atoms with Gasteiger partial charge in [-0.15, -0.1) is 0 Å². The van der Waals surface area contributed by atoms with Crippen LogP contribution in [0.3, 0.4) is 0 Å². The SMILES string of the molecule is [3H]c1ccccc1C1CCCC1. The van der Waals surface area contributed by atoms with E-state index in [0.29, 0.717) is 5.92 Å². The first kappa shape index (κ1) is 5.82. The van der Waals surface area contributed by atoms with Crippen molar-refractivity contribution in [1.82, 2.24) is 0 Å². The molecule has 0 bridgehead atoms. The topological polar surface area (TPSA) is 0 Å². The van der Waals surface area contributed by atoms with E-state index >= 15 is 0 Å². The van der Waals surface area contributed by atoms with Gasteiger partial charge in [-0.1, -0.05) is 43.1 Å². The van der Waals surface area contributed by atoms with Crippen molar-refractivity contribution in [2.24, 2.45) is 0 Å². The Balaban J connectivity index is 2.26. The molecule has 0 aromatic heterocycles. The van der Waals surface area contributed by atoms with Crippen molar-refractivity contribution in [1.29, 1.82) is 0 Å². The van der Waals surface area contributed by atoms with Crippen molar-refractivity contribution in [3.8, 4) is 0 Å². The average Bonchev–Trinajstić information content (AvgIpc) is 2.57. The third kappa shape index (κ3) is 1.45. The smallest absolute Gasteiger partial charge is 0.0622 e. The number of benzene rings is 1. The molecule has 1 aliphatic rings. The monoisotopic (exact) mass is 148 g/mol. The number of hydrogen-bond acceptors (Lipinski definition) is 0. The summed E-state index contributed by atoms with van der Waals surface area (Å²) in [6.07, 6.45) is 5.27. The second kappa shape index (κ2) is 3.08. The molecule has 58 valence electrons. The third-order valence-corrected chi connectivity index (χ3v) is 2.53. The summed E-state index contributed by atoms with van der Waals surface area (Å²) in [5.41, 5.74) is 1.26. The summed E-state index contributed by atoms with van der Waals surface area (Å²) in [4.78, 5) is 0. The van der Waals surface area contributed by atoms with Crippen LogP contribution in [0.4, 0.5) is 0 Å². The third-order valence-electron chi connectivity index (χ3n) is 2.53. The fourth-order valence-electron chi connectivity index (χ4n) is 1.90. The van der Waals surface area contributed by atoms with Gasteiger partial charge in [-0.25, -0.2) is 0 Å². The van der Waals surface area contributed by atoms with Crippen molar-refractivity contribution in [2.75, 3.05) is 0 Å². The van der Waals surface area contributed by atoms with Crippen molar-refractivity contribution in [3.63, 3.8) is 0 Å². The van der Waals surface area contributed by atoms with Gasteiger partial charge in [0, 0.05) is 0 Å². The van der Waals surface area contributed by atoms with Gasteiger partial charge in [0.2, 0.25) is 0 Å². The van der Waals surface area contributed by atoms with Crippen LogP contribution in [0.15, 0.2) is 30.3 Å². The maximum absolute atomic E-state index is 7.74. The lowest BCUT2D eigenvalue weighted by Crippen LogP contribution is -1.89. The zero-order valence-corrected chi connectivity index (χ0v) is 6.72. The predicted molar refractivity (Wildman–Crippen MR) is 47.7 cm³/mol. The van der Waals surface area contributed by atoms with E-state index in [2.05, 4.69) is 6.07 Å². The van der Waals surface area contributed by atoms with Gasteiger partial charge >= 0.3 is 0 Å². The summed E-state index contributed by atoms with van der Waals surface area (Å²) in [7, 11) is 0. The zero-order valence-electron chi connectivity index (χ0n) is 7.72. The highest BCUT2D eigenvalue weighted by molar-refractivity contribution is 5.19. The average molecular weight is 148 g/mol. The zero-order chi connectivity index (χ0) is 8.39. The highest BCUT2D eigenvalue weighted by Gasteiger charge is 2.15. The Morgan fingerprint density at radius 2 is 2.00 bits per heavy atom. The molecule has 1 aromatic carbocycles. The molecule has 0 amide bonds. The van der Waals surface area contributed by atoms with Crippen LogP contribution >= 0.6 is 0 Å². The van der Waals surface area contributed by atoms with E-state index in [1.54, 1.807) is 0 Å². The van der Waals surface area contributed by atoms with Crippen LogP contribution in [0.1, 0.15) is 38.5 Å². The molecule has 11 heavy (non-hydrogen) atoms. The van der Waals surface area contributed by atoms with Crippen LogP contribution in [-0.2, 0) is 0 Å². The molecule has 0 atom stereocenters. The fourth-order valence-corrected chi connectivity index (χ4v) is 1.90. The molecule has 0 aliphatic heterocycles. The highest BCUT2D eigenvalue weighted by atomic mass is 14.2. The first-order valence-electron chi connectivity index (χ1n) is 4.93. The van der Waals surface area contributed by atoms with E-state index < -0.39 is 0 Å². The van der Waals surface area contributed by atoms with Gasteiger partial charge in [-0.2, -0.15) is 0 Å². The largest absolute Gasteiger partial charge is 0.0626 e. The van der Waals surface area contributed by atoms with E-state index in [1.807, 2.05) is 18.2 Å². The van der Waals surface area contributed by atoms with Crippen molar-refractivity contribution in [3.05, 3.63) is 35.9 Å². The lowest BCUT2D eigenvalue weighted by molar-refractivity contribution is 0.723. The van der Waals surface area contributed by atoms with Gasteiger partial charge in [-0.3, -0.25) is 0 Å². The van der Waals surface area contributed by atoms with Crippen LogP contribution < -0.4 is 0 Å². The quantitative estimate of drug-likeness (QED) is 0.573. The molecule has 0 unspecified atom stereocenters. The molecule has 0 radical (unpaired) electrons. The summed E-state index contributed by atoms with van der Waals surface area (Å²) in [5, 5.41) is 0. The van der Waals surface area contributed by atoms with Crippen LogP contribution in [0, 0.1) is 0 Å². The first-order valence-corrected chi connectivity index (χ1v) is 4.43. The van der Waals surface area contributed by atoms with E-state index in [9.17, 15) is 0 Å². The van der Waals surface area contributed by atoms with E-state index in [1.165, 1.54) is 31.2 Å². The molecular formula is C11H14. The van der Waals surface area contributed by atoms with Crippen LogP contribution in [-0.4, -0.2) is 0 Å². The predicted octanol–water partition coefficient (Wildman–Crippen LogP) is 3.34. The molecule has 0 heteroatoms. The Morgan fingerprint density at radius 3 is 2.73 bits per heavy atom. The molecule has 0 nitrogen and oxygen atoms in total. The molecule has 0 N–H and O–H groups in total. The maximum atomic E-state index is 7.74. The molecule has 2 rings (SSSR count). The molecule has 0 spiro atoms. The molecule has 1 aromatic rings.